The Kier molecular flexibility index (Phi) is 8.76. The van der Waals surface area contributed by atoms with Crippen LogP contribution < -0.4 is 15.8 Å². The number of anilines is 3. The van der Waals surface area contributed by atoms with Crippen LogP contribution in [0.15, 0.2) is 53.6 Å². The fourth-order valence-corrected chi connectivity index (χ4v) is 6.74. The number of carbonyl (C=O) groups is 2. The van der Waals surface area contributed by atoms with E-state index in [2.05, 4.69) is 47.5 Å². The van der Waals surface area contributed by atoms with Crippen molar-refractivity contribution in [2.75, 3.05) is 23.8 Å². The van der Waals surface area contributed by atoms with Gasteiger partial charge in [0, 0.05) is 68.9 Å². The number of aryl methyl sites for hydroxylation is 1. The van der Waals surface area contributed by atoms with Gasteiger partial charge in [-0.25, -0.2) is 9.37 Å². The molecule has 48 heavy (non-hydrogen) atoms. The molecular formula is C37H43FN6O4. The summed E-state index contributed by atoms with van der Waals surface area (Å²) < 4.78 is 24.5. The molecule has 0 saturated heterocycles. The van der Waals surface area contributed by atoms with Gasteiger partial charge in [-0.15, -0.1) is 0 Å². The van der Waals surface area contributed by atoms with Gasteiger partial charge in [-0.1, -0.05) is 19.9 Å². The molecule has 1 N–H and O–H groups in total. The molecule has 1 aromatic carbocycles. The second-order valence-corrected chi connectivity index (χ2v) is 14.1. The highest BCUT2D eigenvalue weighted by molar-refractivity contribution is 6.07. The molecule has 10 nitrogen and oxygen atoms in total. The van der Waals surface area contributed by atoms with Crippen LogP contribution in [-0.2, 0) is 49.1 Å². The zero-order valence-corrected chi connectivity index (χ0v) is 28.7. The van der Waals surface area contributed by atoms with Gasteiger partial charge in [-0.2, -0.15) is 0 Å². The minimum Gasteiger partial charge on any atom is -0.461 e. The number of amides is 1. The van der Waals surface area contributed by atoms with Gasteiger partial charge in [0.15, 0.2) is 0 Å². The van der Waals surface area contributed by atoms with Crippen molar-refractivity contribution in [2.45, 2.75) is 73.2 Å². The van der Waals surface area contributed by atoms with Crippen molar-refractivity contribution in [1.82, 2.24) is 19.0 Å². The van der Waals surface area contributed by atoms with E-state index in [0.717, 1.165) is 24.9 Å². The maximum absolute atomic E-state index is 15.5. The predicted molar refractivity (Wildman–Crippen MR) is 184 cm³/mol. The number of aromatic nitrogens is 3. The molecular weight excluding hydrogens is 611 g/mol. The van der Waals surface area contributed by atoms with Gasteiger partial charge in [-0.3, -0.25) is 19.3 Å². The maximum atomic E-state index is 15.5. The molecule has 0 bridgehead atoms. The Morgan fingerprint density at radius 1 is 1.12 bits per heavy atom. The van der Waals surface area contributed by atoms with Crippen LogP contribution in [0.1, 0.15) is 67.5 Å². The highest BCUT2D eigenvalue weighted by Crippen LogP contribution is 2.41. The summed E-state index contributed by atoms with van der Waals surface area (Å²) in [5.41, 5.74) is 5.79. The molecule has 1 amide bonds. The van der Waals surface area contributed by atoms with Crippen LogP contribution in [0.4, 0.5) is 21.6 Å². The lowest BCUT2D eigenvalue weighted by atomic mass is 9.90. The molecule has 252 valence electrons. The van der Waals surface area contributed by atoms with Gasteiger partial charge in [0.2, 0.25) is 0 Å². The normalized spacial score (nSPS) is 15.2. The van der Waals surface area contributed by atoms with Gasteiger partial charge < -0.3 is 24.1 Å². The first-order chi connectivity index (χ1) is 22.7. The van der Waals surface area contributed by atoms with E-state index in [1.54, 1.807) is 30.4 Å². The number of pyridine rings is 2. The molecule has 1 aliphatic carbocycles. The number of hydrogen-bond donors (Lipinski definition) is 1. The fraction of sp³-hybridized carbons (Fsp3) is 0.405. The first-order valence-electron chi connectivity index (χ1n) is 16.3. The van der Waals surface area contributed by atoms with Gasteiger partial charge >= 0.3 is 5.97 Å². The minimum atomic E-state index is -0.559. The number of nitrogens with one attached hydrogen (secondary N) is 1. The lowest BCUT2D eigenvalue weighted by molar-refractivity contribution is -0.142. The highest BCUT2D eigenvalue weighted by atomic mass is 19.1. The number of fused-ring (bicyclic) bond motifs is 3. The molecule has 3 aromatic heterocycles. The largest absolute Gasteiger partial charge is 0.461 e. The van der Waals surface area contributed by atoms with E-state index in [1.165, 1.54) is 34.9 Å². The Balaban J connectivity index is 1.37. The van der Waals surface area contributed by atoms with E-state index in [1.807, 2.05) is 25.2 Å². The van der Waals surface area contributed by atoms with E-state index in [9.17, 15) is 14.4 Å². The summed E-state index contributed by atoms with van der Waals surface area (Å²) >= 11 is 0. The first kappa shape index (κ1) is 33.1. The molecule has 2 aliphatic rings. The number of ether oxygens (including phenoxy) is 1. The molecule has 0 spiro atoms. The molecule has 11 heteroatoms. The van der Waals surface area contributed by atoms with E-state index in [4.69, 9.17) is 4.74 Å². The van der Waals surface area contributed by atoms with Crippen LogP contribution in [0.25, 0.3) is 11.1 Å². The smallest absolute Gasteiger partial charge is 0.302 e. The summed E-state index contributed by atoms with van der Waals surface area (Å²) in [6.45, 7) is 11.5. The van der Waals surface area contributed by atoms with Gasteiger partial charge in [-0.05, 0) is 86.2 Å². The van der Waals surface area contributed by atoms with Crippen LogP contribution in [0.5, 0.6) is 0 Å². The standard InChI is InChI=1S/C37H43FN6O4/c1-22(2)41(6)19-24-8-9-34(39-18-24)40-30-12-26(20-42(7)35(30)46)28-14-27(38)15-31(29(28)21-48-23(3)45)44-11-10-43-32(36(44)47)13-25-16-37(4,5)17-33(25)43/h8-9,12-15,18,20,22H,10-11,16-17,19,21H2,1-7H3,(H,39,40). The average molecular weight is 655 g/mol. The van der Waals surface area contributed by atoms with Crippen molar-refractivity contribution in [3.63, 3.8) is 0 Å². The van der Waals surface area contributed by atoms with Crippen LogP contribution in [-0.4, -0.2) is 50.5 Å². The zero-order chi connectivity index (χ0) is 34.5. The second-order valence-electron chi connectivity index (χ2n) is 14.1. The number of esters is 1. The van der Waals surface area contributed by atoms with Crippen molar-refractivity contribution in [3.8, 4) is 11.1 Å². The van der Waals surface area contributed by atoms with Crippen LogP contribution in [0.2, 0.25) is 0 Å². The number of hydrogen-bond acceptors (Lipinski definition) is 7. The van der Waals surface area contributed by atoms with Gasteiger partial charge in [0.1, 0.15) is 29.6 Å². The second kappa shape index (κ2) is 12.7. The molecule has 4 aromatic rings. The number of nitrogens with zero attached hydrogens (tertiary/aromatic N) is 5. The van der Waals surface area contributed by atoms with E-state index >= 15 is 4.39 Å². The summed E-state index contributed by atoms with van der Waals surface area (Å²) in [6, 6.07) is 10.4. The minimum absolute atomic E-state index is 0.148. The maximum Gasteiger partial charge on any atom is 0.302 e. The van der Waals surface area contributed by atoms with Crippen molar-refractivity contribution in [3.05, 3.63) is 93.0 Å². The Labute approximate surface area is 280 Å². The molecule has 0 saturated carbocycles. The summed E-state index contributed by atoms with van der Waals surface area (Å²) in [6.07, 6.45) is 5.18. The molecule has 0 fully saturated rings. The third kappa shape index (κ3) is 6.51. The van der Waals surface area contributed by atoms with Crippen molar-refractivity contribution in [2.24, 2.45) is 12.5 Å². The Hall–Kier alpha value is -4.77. The lowest BCUT2D eigenvalue weighted by Crippen LogP contribution is -2.41. The number of carbonyl (C=O) groups excluding carboxylic acids is 2. The van der Waals surface area contributed by atoms with E-state index in [-0.39, 0.29) is 29.2 Å². The monoisotopic (exact) mass is 654 g/mol. The highest BCUT2D eigenvalue weighted by Gasteiger charge is 2.37. The summed E-state index contributed by atoms with van der Waals surface area (Å²) in [5.74, 6) is -0.814. The molecule has 6 rings (SSSR count). The summed E-state index contributed by atoms with van der Waals surface area (Å²) in [7, 11) is 3.66. The predicted octanol–water partition coefficient (Wildman–Crippen LogP) is 5.82. The molecule has 0 atom stereocenters. The average Bonchev–Trinajstić information content (AvgIpc) is 3.51. The molecule has 0 radical (unpaired) electrons. The number of benzene rings is 1. The molecule has 0 unspecified atom stereocenters. The quantitative estimate of drug-likeness (QED) is 0.227. The molecule has 1 aliphatic heterocycles. The van der Waals surface area contributed by atoms with Gasteiger partial charge in [0.25, 0.3) is 11.5 Å². The topological polar surface area (TPSA) is 102 Å². The van der Waals surface area contributed by atoms with Crippen LogP contribution in [0.3, 0.4) is 0 Å². The Morgan fingerprint density at radius 2 is 1.90 bits per heavy atom. The van der Waals surface area contributed by atoms with Crippen LogP contribution in [0, 0.1) is 11.2 Å². The fourth-order valence-electron chi connectivity index (χ4n) is 6.74. The van der Waals surface area contributed by atoms with E-state index < -0.39 is 11.8 Å². The lowest BCUT2D eigenvalue weighted by Gasteiger charge is -2.32. The third-order valence-electron chi connectivity index (χ3n) is 9.42. The first-order valence-corrected chi connectivity index (χ1v) is 16.3. The Morgan fingerprint density at radius 3 is 2.58 bits per heavy atom. The molecule has 4 heterocycles. The summed E-state index contributed by atoms with van der Waals surface area (Å²) in [5, 5.41) is 3.13. The number of rotatable bonds is 9. The summed E-state index contributed by atoms with van der Waals surface area (Å²) in [4.78, 5) is 47.6. The van der Waals surface area contributed by atoms with Crippen molar-refractivity contribution < 1.29 is 18.7 Å². The SMILES string of the molecule is CC(=O)OCc1c(-c2cc(Nc3ccc(CN(C)C(C)C)cn3)c(=O)n(C)c2)cc(F)cc1N1CCn2c(cc3c2CC(C)(C)C3)C1=O. The Bertz CT molecular complexity index is 1960. The van der Waals surface area contributed by atoms with E-state index in [0.29, 0.717) is 53.0 Å². The zero-order valence-electron chi connectivity index (χ0n) is 28.7. The van der Waals surface area contributed by atoms with Crippen molar-refractivity contribution in [1.29, 1.82) is 0 Å². The van der Waals surface area contributed by atoms with Crippen molar-refractivity contribution >= 4 is 29.1 Å². The third-order valence-corrected chi connectivity index (χ3v) is 9.42. The van der Waals surface area contributed by atoms with Crippen LogP contribution >= 0.6 is 0 Å². The number of halogens is 1. The van der Waals surface area contributed by atoms with Gasteiger partial charge in [0.05, 0.1) is 5.69 Å².